The minimum Gasteiger partial charge on any atom is -0.506 e. The SMILES string of the molecule is CN=C(NCc1cccc(S(N)(=O)=O)c1)N1CCN(c2ccccc2O)CC1.I. The van der Waals surface area contributed by atoms with Crippen molar-refractivity contribution in [3.05, 3.63) is 54.1 Å². The highest BCUT2D eigenvalue weighted by atomic mass is 127. The van der Waals surface area contributed by atoms with Gasteiger partial charge in [-0.25, -0.2) is 13.6 Å². The minimum absolute atomic E-state index is 0. The Balaban J connectivity index is 0.00000300. The molecule has 29 heavy (non-hydrogen) atoms. The van der Waals surface area contributed by atoms with Crippen LogP contribution in [-0.2, 0) is 16.6 Å². The monoisotopic (exact) mass is 531 g/mol. The third-order valence-corrected chi connectivity index (χ3v) is 5.60. The van der Waals surface area contributed by atoms with Crippen LogP contribution in [0.25, 0.3) is 0 Å². The first-order valence-electron chi connectivity index (χ1n) is 8.99. The van der Waals surface area contributed by atoms with Gasteiger partial charge >= 0.3 is 0 Å². The van der Waals surface area contributed by atoms with Crippen molar-refractivity contribution in [1.82, 2.24) is 10.2 Å². The van der Waals surface area contributed by atoms with E-state index in [9.17, 15) is 13.5 Å². The average molecular weight is 531 g/mol. The molecule has 0 bridgehead atoms. The lowest BCUT2D eigenvalue weighted by Gasteiger charge is -2.37. The molecule has 0 radical (unpaired) electrons. The van der Waals surface area contributed by atoms with E-state index in [1.807, 2.05) is 24.3 Å². The van der Waals surface area contributed by atoms with Crippen LogP contribution in [0.1, 0.15) is 5.56 Å². The molecule has 3 rings (SSSR count). The van der Waals surface area contributed by atoms with E-state index in [2.05, 4.69) is 20.1 Å². The maximum atomic E-state index is 11.5. The Labute approximate surface area is 188 Å². The van der Waals surface area contributed by atoms with E-state index in [1.165, 1.54) is 6.07 Å². The number of halogens is 1. The Morgan fingerprint density at radius 1 is 1.14 bits per heavy atom. The second-order valence-corrected chi connectivity index (χ2v) is 8.12. The van der Waals surface area contributed by atoms with Gasteiger partial charge in [-0.1, -0.05) is 24.3 Å². The first kappa shape index (κ1) is 23.2. The normalized spacial score (nSPS) is 15.0. The fraction of sp³-hybridized carbons (Fsp3) is 0.316. The summed E-state index contributed by atoms with van der Waals surface area (Å²) < 4.78 is 23.0. The fourth-order valence-corrected chi connectivity index (χ4v) is 3.82. The van der Waals surface area contributed by atoms with E-state index in [4.69, 9.17) is 5.14 Å². The van der Waals surface area contributed by atoms with Crippen molar-refractivity contribution in [2.75, 3.05) is 38.1 Å². The lowest BCUT2D eigenvalue weighted by Crippen LogP contribution is -2.52. The molecule has 0 saturated carbocycles. The zero-order chi connectivity index (χ0) is 20.1. The van der Waals surface area contributed by atoms with Crippen molar-refractivity contribution in [3.8, 4) is 5.75 Å². The summed E-state index contributed by atoms with van der Waals surface area (Å²) in [6, 6.07) is 13.9. The summed E-state index contributed by atoms with van der Waals surface area (Å²) in [4.78, 5) is 8.72. The molecule has 1 heterocycles. The molecule has 2 aromatic carbocycles. The number of nitrogens with one attached hydrogen (secondary N) is 1. The van der Waals surface area contributed by atoms with Gasteiger partial charge < -0.3 is 20.2 Å². The van der Waals surface area contributed by atoms with Gasteiger partial charge in [-0.05, 0) is 29.8 Å². The number of phenolic OH excluding ortho intramolecular Hbond substituents is 1. The summed E-state index contributed by atoms with van der Waals surface area (Å²) in [5, 5.41) is 18.5. The minimum atomic E-state index is -3.72. The Hall–Kier alpha value is -2.05. The fourth-order valence-electron chi connectivity index (χ4n) is 3.24. The molecule has 1 fully saturated rings. The van der Waals surface area contributed by atoms with Gasteiger partial charge in [0.15, 0.2) is 5.96 Å². The van der Waals surface area contributed by atoms with E-state index in [1.54, 1.807) is 25.2 Å². The number of nitrogens with two attached hydrogens (primary N) is 1. The molecule has 1 saturated heterocycles. The largest absolute Gasteiger partial charge is 0.506 e. The lowest BCUT2D eigenvalue weighted by molar-refractivity contribution is 0.369. The van der Waals surface area contributed by atoms with E-state index >= 15 is 0 Å². The highest BCUT2D eigenvalue weighted by Gasteiger charge is 2.21. The number of guanidine groups is 1. The molecular formula is C19H26IN5O3S. The number of primary sulfonamides is 1. The van der Waals surface area contributed by atoms with Crippen LogP contribution in [0.4, 0.5) is 5.69 Å². The first-order valence-corrected chi connectivity index (χ1v) is 10.5. The number of rotatable bonds is 4. The summed E-state index contributed by atoms with van der Waals surface area (Å²) in [5.74, 6) is 1.03. The van der Waals surface area contributed by atoms with Gasteiger partial charge in [0.05, 0.1) is 10.6 Å². The van der Waals surface area contributed by atoms with Crippen molar-refractivity contribution in [2.24, 2.45) is 10.1 Å². The van der Waals surface area contributed by atoms with Gasteiger partial charge in [0, 0.05) is 39.8 Å². The van der Waals surface area contributed by atoms with Crippen molar-refractivity contribution >= 4 is 45.6 Å². The lowest BCUT2D eigenvalue weighted by atomic mass is 10.2. The number of anilines is 1. The zero-order valence-corrected chi connectivity index (χ0v) is 19.3. The van der Waals surface area contributed by atoms with Crippen molar-refractivity contribution in [1.29, 1.82) is 0 Å². The van der Waals surface area contributed by atoms with Gasteiger partial charge in [-0.3, -0.25) is 4.99 Å². The van der Waals surface area contributed by atoms with Crippen molar-refractivity contribution in [2.45, 2.75) is 11.4 Å². The van der Waals surface area contributed by atoms with Gasteiger partial charge in [0.2, 0.25) is 10.0 Å². The number of sulfonamides is 1. The Kier molecular flexibility index (Phi) is 8.11. The molecule has 0 amide bonds. The molecular weight excluding hydrogens is 505 g/mol. The van der Waals surface area contributed by atoms with Crippen LogP contribution in [0, 0.1) is 0 Å². The number of hydrogen-bond donors (Lipinski definition) is 3. The van der Waals surface area contributed by atoms with Crippen LogP contribution in [0.2, 0.25) is 0 Å². The Bertz CT molecular complexity index is 960. The second-order valence-electron chi connectivity index (χ2n) is 6.56. The molecule has 0 aromatic heterocycles. The maximum Gasteiger partial charge on any atom is 0.238 e. The summed E-state index contributed by atoms with van der Waals surface area (Å²) in [7, 11) is -2.00. The molecule has 1 aliphatic heterocycles. The quantitative estimate of drug-likeness (QED) is 0.314. The molecule has 2 aromatic rings. The standard InChI is InChI=1S/C19H25N5O3S.HI/c1-21-19(22-14-15-5-4-6-16(13-15)28(20,26)27)24-11-9-23(10-12-24)17-7-2-3-8-18(17)25;/h2-8,13,25H,9-12,14H2,1H3,(H,21,22)(H2,20,26,27);1H. The van der Waals surface area contributed by atoms with Crippen molar-refractivity contribution < 1.29 is 13.5 Å². The molecule has 8 nitrogen and oxygen atoms in total. The maximum absolute atomic E-state index is 11.5. The average Bonchev–Trinajstić information content (AvgIpc) is 2.69. The van der Waals surface area contributed by atoms with E-state index in [0.29, 0.717) is 6.54 Å². The van der Waals surface area contributed by atoms with Gasteiger partial charge in [-0.2, -0.15) is 0 Å². The molecule has 0 spiro atoms. The topological polar surface area (TPSA) is 111 Å². The Morgan fingerprint density at radius 2 is 1.83 bits per heavy atom. The number of benzene rings is 2. The molecule has 0 atom stereocenters. The highest BCUT2D eigenvalue weighted by Crippen LogP contribution is 2.27. The van der Waals surface area contributed by atoms with Crippen molar-refractivity contribution in [3.63, 3.8) is 0 Å². The van der Waals surface area contributed by atoms with Gasteiger partial charge in [-0.15, -0.1) is 24.0 Å². The van der Waals surface area contributed by atoms with Gasteiger partial charge in [0.25, 0.3) is 0 Å². The number of phenols is 1. The number of aliphatic imine (C=N–C) groups is 1. The summed E-state index contributed by atoms with van der Waals surface area (Å²) >= 11 is 0. The predicted molar refractivity (Wildman–Crippen MR) is 125 cm³/mol. The van der Waals surface area contributed by atoms with E-state index < -0.39 is 10.0 Å². The van der Waals surface area contributed by atoms with Crippen LogP contribution in [0.15, 0.2) is 58.4 Å². The number of aromatic hydroxyl groups is 1. The molecule has 1 aliphatic rings. The molecule has 10 heteroatoms. The van der Waals surface area contributed by atoms with E-state index in [-0.39, 0.29) is 34.6 Å². The molecule has 4 N–H and O–H groups in total. The third-order valence-electron chi connectivity index (χ3n) is 4.69. The number of hydrogen-bond acceptors (Lipinski definition) is 5. The highest BCUT2D eigenvalue weighted by molar-refractivity contribution is 14.0. The third kappa shape index (κ3) is 5.97. The van der Waals surface area contributed by atoms with Gasteiger partial charge in [0.1, 0.15) is 5.75 Å². The molecule has 0 aliphatic carbocycles. The van der Waals surface area contributed by atoms with Crippen LogP contribution in [-0.4, -0.2) is 57.6 Å². The summed E-state index contributed by atoms with van der Waals surface area (Å²) in [6.07, 6.45) is 0. The predicted octanol–water partition coefficient (Wildman–Crippen LogP) is 1.56. The van der Waals surface area contributed by atoms with E-state index in [0.717, 1.165) is 43.4 Å². The molecule has 0 unspecified atom stereocenters. The molecule has 158 valence electrons. The van der Waals surface area contributed by atoms with Crippen LogP contribution in [0.3, 0.4) is 0 Å². The Morgan fingerprint density at radius 3 is 2.45 bits per heavy atom. The van der Waals surface area contributed by atoms with Crippen LogP contribution < -0.4 is 15.4 Å². The first-order chi connectivity index (χ1) is 13.4. The van der Waals surface area contributed by atoms with Crippen LogP contribution in [0.5, 0.6) is 5.75 Å². The number of para-hydroxylation sites is 2. The zero-order valence-electron chi connectivity index (χ0n) is 16.2. The van der Waals surface area contributed by atoms with Crippen LogP contribution >= 0.6 is 24.0 Å². The smallest absolute Gasteiger partial charge is 0.238 e. The second kappa shape index (κ2) is 10.1. The summed E-state index contributed by atoms with van der Waals surface area (Å²) in [5.41, 5.74) is 1.64. The summed E-state index contributed by atoms with van der Waals surface area (Å²) in [6.45, 7) is 3.48. The number of nitrogens with zero attached hydrogens (tertiary/aromatic N) is 3. The number of piperazine rings is 1.